The highest BCUT2D eigenvalue weighted by Gasteiger charge is 2.05. The molecule has 0 aliphatic carbocycles. The molecule has 1 rings (SSSR count). The van der Waals surface area contributed by atoms with Crippen LogP contribution in [0.1, 0.15) is 5.82 Å². The molecule has 1 aromatic heterocycles. The van der Waals surface area contributed by atoms with E-state index in [1.54, 1.807) is 7.11 Å². The minimum Gasteiger partial charge on any atom is -0.467 e. The Hall–Kier alpha value is -1.47. The number of nitrogen functional groups attached to an aromatic ring is 1. The molecule has 0 fully saturated rings. The van der Waals surface area contributed by atoms with E-state index < -0.39 is 0 Å². The smallest absolute Gasteiger partial charge is 0.321 e. The minimum atomic E-state index is 0.235. The zero-order chi connectivity index (χ0) is 10.4. The van der Waals surface area contributed by atoms with Crippen LogP contribution in [0.2, 0.25) is 0 Å². The van der Waals surface area contributed by atoms with Gasteiger partial charge < -0.3 is 9.47 Å². The normalized spacial score (nSPS) is 9.93. The third kappa shape index (κ3) is 2.79. The van der Waals surface area contributed by atoms with Crippen LogP contribution in [0.25, 0.3) is 0 Å². The van der Waals surface area contributed by atoms with Crippen molar-refractivity contribution in [3.05, 3.63) is 5.82 Å². The van der Waals surface area contributed by atoms with Crippen LogP contribution in [-0.2, 0) is 11.2 Å². The van der Waals surface area contributed by atoms with Gasteiger partial charge in [-0.05, 0) is 0 Å². The maximum Gasteiger partial charge on any atom is 0.321 e. The molecule has 0 radical (unpaired) electrons. The predicted molar refractivity (Wildman–Crippen MR) is 49.8 cm³/mol. The summed E-state index contributed by atoms with van der Waals surface area (Å²) in [5.41, 5.74) is 2.34. The zero-order valence-electron chi connectivity index (χ0n) is 8.15. The number of aromatic nitrogens is 3. The fourth-order valence-electron chi connectivity index (χ4n) is 0.859. The van der Waals surface area contributed by atoms with Gasteiger partial charge in [0.05, 0.1) is 13.7 Å². The molecule has 0 aromatic carbocycles. The molecule has 0 aliphatic heterocycles. The second kappa shape index (κ2) is 5.30. The van der Waals surface area contributed by atoms with E-state index in [0.717, 1.165) is 0 Å². The van der Waals surface area contributed by atoms with Crippen LogP contribution < -0.4 is 16.0 Å². The summed E-state index contributed by atoms with van der Waals surface area (Å²) in [6.45, 7) is 0.539. The lowest BCUT2D eigenvalue weighted by molar-refractivity contribution is 0.200. The first kappa shape index (κ1) is 10.6. The molecule has 14 heavy (non-hydrogen) atoms. The lowest BCUT2D eigenvalue weighted by Gasteiger charge is -2.04. The van der Waals surface area contributed by atoms with E-state index in [1.807, 2.05) is 0 Å². The van der Waals surface area contributed by atoms with Gasteiger partial charge in [0.25, 0.3) is 0 Å². The Labute approximate surface area is 81.6 Å². The van der Waals surface area contributed by atoms with Crippen LogP contribution in [0.3, 0.4) is 0 Å². The van der Waals surface area contributed by atoms with Gasteiger partial charge in [0, 0.05) is 13.5 Å². The Balaban J connectivity index is 2.81. The van der Waals surface area contributed by atoms with Gasteiger partial charge in [-0.25, -0.2) is 5.84 Å². The zero-order valence-corrected chi connectivity index (χ0v) is 8.15. The Bertz CT molecular complexity index is 271. The van der Waals surface area contributed by atoms with Crippen LogP contribution >= 0.6 is 0 Å². The van der Waals surface area contributed by atoms with Gasteiger partial charge in [-0.15, -0.1) is 0 Å². The molecule has 1 heterocycles. The molecule has 0 atom stereocenters. The number of hydrazine groups is 1. The maximum atomic E-state index is 5.18. The summed E-state index contributed by atoms with van der Waals surface area (Å²) in [5, 5.41) is 0. The molecule has 1 aromatic rings. The predicted octanol–water partition coefficient (Wildman–Crippen LogP) is -0.645. The highest BCUT2D eigenvalue weighted by Crippen LogP contribution is 2.06. The molecule has 0 spiro atoms. The van der Waals surface area contributed by atoms with Crippen LogP contribution in [0, 0.1) is 0 Å². The Morgan fingerprint density at radius 1 is 1.29 bits per heavy atom. The second-order valence-corrected chi connectivity index (χ2v) is 2.45. The summed E-state index contributed by atoms with van der Waals surface area (Å²) in [4.78, 5) is 11.9. The fraction of sp³-hybridized carbons (Fsp3) is 0.571. The van der Waals surface area contributed by atoms with Crippen molar-refractivity contribution in [1.82, 2.24) is 15.0 Å². The molecule has 0 amide bonds. The molecule has 0 unspecified atom stereocenters. The number of nitrogens with zero attached hydrogens (tertiary/aromatic N) is 3. The molecular formula is C7H13N5O2. The fourth-order valence-corrected chi connectivity index (χ4v) is 0.859. The number of methoxy groups -OCH3 is 2. The Morgan fingerprint density at radius 3 is 2.64 bits per heavy atom. The first-order chi connectivity index (χ1) is 6.80. The van der Waals surface area contributed by atoms with Crippen molar-refractivity contribution in [2.45, 2.75) is 6.42 Å². The molecule has 0 aliphatic rings. The van der Waals surface area contributed by atoms with Crippen molar-refractivity contribution < 1.29 is 9.47 Å². The third-order valence-corrected chi connectivity index (χ3v) is 1.50. The Morgan fingerprint density at radius 2 is 2.07 bits per heavy atom. The molecule has 0 bridgehead atoms. The second-order valence-electron chi connectivity index (χ2n) is 2.45. The summed E-state index contributed by atoms with van der Waals surface area (Å²) in [6.07, 6.45) is 0.587. The lowest BCUT2D eigenvalue weighted by atomic mass is 10.4. The Kier molecular flexibility index (Phi) is 4.02. The average Bonchev–Trinajstić information content (AvgIpc) is 2.25. The number of ether oxygens (including phenoxy) is 2. The van der Waals surface area contributed by atoms with E-state index in [0.29, 0.717) is 18.9 Å². The van der Waals surface area contributed by atoms with Crippen LogP contribution in [0.4, 0.5) is 5.95 Å². The quantitative estimate of drug-likeness (QED) is 0.480. The molecular weight excluding hydrogens is 186 g/mol. The average molecular weight is 199 g/mol. The first-order valence-corrected chi connectivity index (χ1v) is 4.04. The molecule has 0 saturated heterocycles. The van der Waals surface area contributed by atoms with Crippen molar-refractivity contribution in [1.29, 1.82) is 0 Å². The number of anilines is 1. The topological polar surface area (TPSA) is 95.2 Å². The number of nitrogens with one attached hydrogen (secondary N) is 1. The van der Waals surface area contributed by atoms with Gasteiger partial charge in [-0.1, -0.05) is 0 Å². The van der Waals surface area contributed by atoms with Crippen LogP contribution in [0.5, 0.6) is 6.01 Å². The van der Waals surface area contributed by atoms with E-state index in [9.17, 15) is 0 Å². The molecule has 0 saturated carbocycles. The molecule has 7 heteroatoms. The minimum absolute atomic E-state index is 0.235. The monoisotopic (exact) mass is 199 g/mol. The standard InChI is InChI=1S/C7H13N5O2/c1-13-4-3-5-9-6(12-8)11-7(10-5)14-2/h3-4,8H2,1-2H3,(H,9,10,11,12). The van der Waals surface area contributed by atoms with E-state index >= 15 is 0 Å². The van der Waals surface area contributed by atoms with Crippen molar-refractivity contribution >= 4 is 5.95 Å². The van der Waals surface area contributed by atoms with Crippen LogP contribution in [-0.4, -0.2) is 35.8 Å². The molecule has 7 nitrogen and oxygen atoms in total. The molecule has 78 valence electrons. The highest BCUT2D eigenvalue weighted by molar-refractivity contribution is 5.23. The number of hydrogen-bond donors (Lipinski definition) is 2. The highest BCUT2D eigenvalue weighted by atomic mass is 16.5. The van der Waals surface area contributed by atoms with Gasteiger partial charge in [0.2, 0.25) is 5.95 Å². The van der Waals surface area contributed by atoms with Gasteiger partial charge in [-0.3, -0.25) is 5.43 Å². The van der Waals surface area contributed by atoms with Gasteiger partial charge in [0.1, 0.15) is 5.82 Å². The van der Waals surface area contributed by atoms with Crippen molar-refractivity contribution in [2.75, 3.05) is 26.3 Å². The molecule has 3 N–H and O–H groups in total. The van der Waals surface area contributed by atoms with E-state index in [2.05, 4.69) is 20.4 Å². The van der Waals surface area contributed by atoms with Crippen molar-refractivity contribution in [3.63, 3.8) is 0 Å². The summed E-state index contributed by atoms with van der Waals surface area (Å²) >= 11 is 0. The van der Waals surface area contributed by atoms with Crippen molar-refractivity contribution in [2.24, 2.45) is 5.84 Å². The largest absolute Gasteiger partial charge is 0.467 e. The maximum absolute atomic E-state index is 5.18. The summed E-state index contributed by atoms with van der Waals surface area (Å²) in [6, 6.07) is 0.235. The number of hydrogen-bond acceptors (Lipinski definition) is 7. The summed E-state index contributed by atoms with van der Waals surface area (Å²) in [5.74, 6) is 6.04. The third-order valence-electron chi connectivity index (χ3n) is 1.50. The summed E-state index contributed by atoms with van der Waals surface area (Å²) in [7, 11) is 3.09. The van der Waals surface area contributed by atoms with Gasteiger partial charge in [-0.2, -0.15) is 15.0 Å². The summed E-state index contributed by atoms with van der Waals surface area (Å²) < 4.78 is 9.78. The first-order valence-electron chi connectivity index (χ1n) is 4.04. The SMILES string of the molecule is COCCc1nc(NN)nc(OC)n1. The van der Waals surface area contributed by atoms with E-state index in [1.165, 1.54) is 7.11 Å². The van der Waals surface area contributed by atoms with Gasteiger partial charge in [0.15, 0.2) is 0 Å². The number of nitrogens with two attached hydrogens (primary N) is 1. The lowest BCUT2D eigenvalue weighted by Crippen LogP contribution is -2.14. The van der Waals surface area contributed by atoms with Gasteiger partial charge >= 0.3 is 6.01 Å². The number of rotatable bonds is 5. The van der Waals surface area contributed by atoms with E-state index in [4.69, 9.17) is 15.3 Å². The van der Waals surface area contributed by atoms with Crippen LogP contribution in [0.15, 0.2) is 0 Å². The van der Waals surface area contributed by atoms with Crippen molar-refractivity contribution in [3.8, 4) is 6.01 Å². The van der Waals surface area contributed by atoms with E-state index in [-0.39, 0.29) is 12.0 Å².